The molecule has 0 saturated carbocycles. The first-order chi connectivity index (χ1) is 13.8. The molecular weight excluding hydrogens is 382 g/mol. The molecule has 0 aliphatic heterocycles. The molecule has 0 unspecified atom stereocenters. The molecule has 1 aromatic heterocycles. The number of thioether (sulfide) groups is 1. The highest BCUT2D eigenvalue weighted by Gasteiger charge is 2.17. The van der Waals surface area contributed by atoms with Gasteiger partial charge in [-0.2, -0.15) is 0 Å². The molecule has 0 fully saturated rings. The maximum Gasteiger partial charge on any atom is 0.230 e. The topological polar surface area (TPSA) is 85.8 Å². The standard InChI is InChI=1S/C22H27N5OS/c1-15(16-8-6-5-7-9-16)24-19(28)14-29-21-26-25-20(27(21)23)17-10-12-18(13-11-17)22(2,3)4/h5-13,15H,14,23H2,1-4H3,(H,24,28)/t15-/m0/s1. The van der Waals surface area contributed by atoms with E-state index < -0.39 is 0 Å². The van der Waals surface area contributed by atoms with Gasteiger partial charge in [0.2, 0.25) is 11.1 Å². The molecule has 0 radical (unpaired) electrons. The Morgan fingerprint density at radius 2 is 1.76 bits per heavy atom. The SMILES string of the molecule is C[C@H](NC(=O)CSc1nnc(-c2ccc(C(C)(C)C)cc2)n1N)c1ccccc1. The number of nitrogens with zero attached hydrogens (tertiary/aromatic N) is 3. The van der Waals surface area contributed by atoms with Crippen LogP contribution in [0.15, 0.2) is 59.8 Å². The van der Waals surface area contributed by atoms with Gasteiger partial charge in [-0.3, -0.25) is 4.79 Å². The van der Waals surface area contributed by atoms with Gasteiger partial charge in [0.15, 0.2) is 5.82 Å². The van der Waals surface area contributed by atoms with Crippen molar-refractivity contribution in [2.45, 2.75) is 44.3 Å². The van der Waals surface area contributed by atoms with Gasteiger partial charge < -0.3 is 11.2 Å². The molecule has 6 nitrogen and oxygen atoms in total. The second kappa shape index (κ2) is 8.69. The van der Waals surface area contributed by atoms with Crippen molar-refractivity contribution in [1.29, 1.82) is 0 Å². The Morgan fingerprint density at radius 3 is 2.38 bits per heavy atom. The van der Waals surface area contributed by atoms with Crippen molar-refractivity contribution < 1.29 is 4.79 Å². The number of rotatable bonds is 6. The first kappa shape index (κ1) is 20.9. The summed E-state index contributed by atoms with van der Waals surface area (Å²) < 4.78 is 1.44. The van der Waals surface area contributed by atoms with E-state index in [0.29, 0.717) is 11.0 Å². The Labute approximate surface area is 175 Å². The summed E-state index contributed by atoms with van der Waals surface area (Å²) in [7, 11) is 0. The Morgan fingerprint density at radius 1 is 1.10 bits per heavy atom. The van der Waals surface area contributed by atoms with Crippen molar-refractivity contribution in [2.75, 3.05) is 11.6 Å². The summed E-state index contributed by atoms with van der Waals surface area (Å²) in [4.78, 5) is 12.3. The summed E-state index contributed by atoms with van der Waals surface area (Å²) >= 11 is 1.27. The second-order valence-corrected chi connectivity index (χ2v) is 8.93. The molecule has 29 heavy (non-hydrogen) atoms. The normalized spacial score (nSPS) is 12.6. The average molecular weight is 410 g/mol. The molecule has 0 aliphatic rings. The third kappa shape index (κ3) is 5.17. The lowest BCUT2D eigenvalue weighted by Gasteiger charge is -2.19. The zero-order chi connectivity index (χ0) is 21.0. The molecule has 3 rings (SSSR count). The van der Waals surface area contributed by atoms with E-state index in [9.17, 15) is 4.79 Å². The fraction of sp³-hybridized carbons (Fsp3) is 0.318. The maximum atomic E-state index is 12.3. The molecule has 1 heterocycles. The van der Waals surface area contributed by atoms with Gasteiger partial charge in [0.05, 0.1) is 11.8 Å². The average Bonchev–Trinajstić information content (AvgIpc) is 3.07. The number of aromatic nitrogens is 3. The van der Waals surface area contributed by atoms with E-state index in [-0.39, 0.29) is 23.1 Å². The van der Waals surface area contributed by atoms with Crippen molar-refractivity contribution in [1.82, 2.24) is 20.2 Å². The van der Waals surface area contributed by atoms with Crippen molar-refractivity contribution >= 4 is 17.7 Å². The van der Waals surface area contributed by atoms with Crippen LogP contribution in [0.2, 0.25) is 0 Å². The van der Waals surface area contributed by atoms with Gasteiger partial charge in [-0.15, -0.1) is 10.2 Å². The van der Waals surface area contributed by atoms with Gasteiger partial charge in [0.1, 0.15) is 0 Å². The monoisotopic (exact) mass is 409 g/mol. The summed E-state index contributed by atoms with van der Waals surface area (Å²) in [5.74, 6) is 6.89. The lowest BCUT2D eigenvalue weighted by atomic mass is 9.87. The molecule has 0 spiro atoms. The number of hydrogen-bond donors (Lipinski definition) is 2. The summed E-state index contributed by atoms with van der Waals surface area (Å²) in [6, 6.07) is 17.9. The first-order valence-electron chi connectivity index (χ1n) is 9.54. The number of nitrogens with one attached hydrogen (secondary N) is 1. The molecule has 152 valence electrons. The van der Waals surface area contributed by atoms with Crippen LogP contribution in [0.25, 0.3) is 11.4 Å². The van der Waals surface area contributed by atoms with E-state index in [1.54, 1.807) is 0 Å². The minimum absolute atomic E-state index is 0.0584. The zero-order valence-electron chi connectivity index (χ0n) is 17.2. The van der Waals surface area contributed by atoms with Crippen LogP contribution < -0.4 is 11.2 Å². The number of benzene rings is 2. The van der Waals surface area contributed by atoms with Crippen molar-refractivity contribution in [2.24, 2.45) is 0 Å². The van der Waals surface area contributed by atoms with Crippen LogP contribution in [0.1, 0.15) is 44.9 Å². The van der Waals surface area contributed by atoms with Crippen LogP contribution in [0.5, 0.6) is 0 Å². The summed E-state index contributed by atoms with van der Waals surface area (Å²) in [6.45, 7) is 8.48. The largest absolute Gasteiger partial charge is 0.349 e. The molecule has 2 aromatic carbocycles. The minimum atomic E-state index is -0.0783. The van der Waals surface area contributed by atoms with Crippen LogP contribution in [0.3, 0.4) is 0 Å². The molecule has 3 N–H and O–H groups in total. The summed E-state index contributed by atoms with van der Waals surface area (Å²) in [5, 5.41) is 11.8. The minimum Gasteiger partial charge on any atom is -0.349 e. The molecule has 0 bridgehead atoms. The van der Waals surface area contributed by atoms with Crippen LogP contribution >= 0.6 is 11.8 Å². The van der Waals surface area contributed by atoms with E-state index in [1.807, 2.05) is 49.4 Å². The van der Waals surface area contributed by atoms with Crippen LogP contribution in [-0.2, 0) is 10.2 Å². The molecule has 1 atom stereocenters. The Kier molecular flexibility index (Phi) is 6.27. The highest BCUT2D eigenvalue weighted by molar-refractivity contribution is 7.99. The number of carbonyl (C=O) groups excluding carboxylic acids is 1. The van der Waals surface area contributed by atoms with E-state index in [0.717, 1.165) is 11.1 Å². The fourth-order valence-electron chi connectivity index (χ4n) is 2.93. The second-order valence-electron chi connectivity index (χ2n) is 7.99. The van der Waals surface area contributed by atoms with Crippen molar-refractivity contribution in [3.05, 3.63) is 65.7 Å². The molecule has 0 saturated heterocycles. The van der Waals surface area contributed by atoms with Gasteiger partial charge in [-0.1, -0.05) is 87.1 Å². The number of nitrogens with two attached hydrogens (primary N) is 1. The highest BCUT2D eigenvalue weighted by Crippen LogP contribution is 2.26. The Bertz CT molecular complexity index is 961. The zero-order valence-corrected chi connectivity index (χ0v) is 18.0. The summed E-state index contributed by atoms with van der Waals surface area (Å²) in [5.41, 5.74) is 3.28. The van der Waals surface area contributed by atoms with Crippen LogP contribution in [-0.4, -0.2) is 26.5 Å². The number of nitrogen functional groups attached to an aromatic ring is 1. The number of amides is 1. The molecule has 3 aromatic rings. The number of hydrogen-bond acceptors (Lipinski definition) is 5. The maximum absolute atomic E-state index is 12.3. The van der Waals surface area contributed by atoms with Crippen molar-refractivity contribution in [3.8, 4) is 11.4 Å². The predicted molar refractivity (Wildman–Crippen MR) is 118 cm³/mol. The van der Waals surface area contributed by atoms with E-state index in [2.05, 4.69) is 48.4 Å². The predicted octanol–water partition coefficient (Wildman–Crippen LogP) is 3.93. The van der Waals surface area contributed by atoms with Crippen LogP contribution in [0.4, 0.5) is 0 Å². The first-order valence-corrected chi connectivity index (χ1v) is 10.5. The van der Waals surface area contributed by atoms with E-state index in [1.165, 1.54) is 22.0 Å². The lowest BCUT2D eigenvalue weighted by molar-refractivity contribution is -0.119. The molecule has 0 aliphatic carbocycles. The Balaban J connectivity index is 1.62. The van der Waals surface area contributed by atoms with Crippen molar-refractivity contribution in [3.63, 3.8) is 0 Å². The quantitative estimate of drug-likeness (QED) is 0.476. The van der Waals surface area contributed by atoms with Gasteiger partial charge >= 0.3 is 0 Å². The van der Waals surface area contributed by atoms with Gasteiger partial charge in [-0.05, 0) is 23.5 Å². The van der Waals surface area contributed by atoms with Crippen LogP contribution in [0, 0.1) is 0 Å². The van der Waals surface area contributed by atoms with Gasteiger partial charge in [-0.25, -0.2) is 4.68 Å². The smallest absolute Gasteiger partial charge is 0.230 e. The lowest BCUT2D eigenvalue weighted by Crippen LogP contribution is -2.28. The molecular formula is C22H27N5OS. The Hall–Kier alpha value is -2.80. The fourth-order valence-corrected chi connectivity index (χ4v) is 3.60. The molecule has 1 amide bonds. The van der Waals surface area contributed by atoms with E-state index in [4.69, 9.17) is 5.84 Å². The third-order valence-corrected chi connectivity index (χ3v) is 5.63. The number of carbonyl (C=O) groups is 1. The molecule has 7 heteroatoms. The highest BCUT2D eigenvalue weighted by atomic mass is 32.2. The van der Waals surface area contributed by atoms with E-state index >= 15 is 0 Å². The summed E-state index contributed by atoms with van der Waals surface area (Å²) in [6.07, 6.45) is 0. The third-order valence-electron chi connectivity index (χ3n) is 4.68. The van der Waals surface area contributed by atoms with Gasteiger partial charge in [0, 0.05) is 5.56 Å². The van der Waals surface area contributed by atoms with Gasteiger partial charge in [0.25, 0.3) is 0 Å².